The Kier molecular flexibility index (Phi) is 5.50. The van der Waals surface area contributed by atoms with Crippen molar-refractivity contribution < 1.29 is 0 Å². The van der Waals surface area contributed by atoms with Gasteiger partial charge in [-0.3, -0.25) is 0 Å². The largest absolute Gasteiger partial charge is 0.345 e. The number of fused-ring (bicyclic) bond motifs is 13. The SMILES string of the molecule is CCc1cnc2c(n1)N(c1ccccc1)C1N2c2ccccc2C2(C)/C(=C3\CC4N(c5ccccc53)c3ncccc3N4C(C)C)C12C. The maximum absolute atomic E-state index is 5.29. The summed E-state index contributed by atoms with van der Waals surface area (Å²) < 4.78 is 0. The lowest BCUT2D eigenvalue weighted by atomic mass is 9.81. The summed E-state index contributed by atoms with van der Waals surface area (Å²) in [5, 5.41) is 0. The van der Waals surface area contributed by atoms with Gasteiger partial charge in [-0.05, 0) is 73.4 Å². The van der Waals surface area contributed by atoms with E-state index >= 15 is 0 Å². The molecule has 0 radical (unpaired) electrons. The lowest BCUT2D eigenvalue weighted by Gasteiger charge is -2.43. The molecular formula is C41H39N7. The first kappa shape index (κ1) is 27.9. The van der Waals surface area contributed by atoms with Gasteiger partial charge in [0.25, 0.3) is 0 Å². The van der Waals surface area contributed by atoms with Crippen molar-refractivity contribution in [2.75, 3.05) is 19.6 Å². The predicted octanol–water partition coefficient (Wildman–Crippen LogP) is 8.89. The van der Waals surface area contributed by atoms with E-state index in [1.54, 1.807) is 0 Å². The summed E-state index contributed by atoms with van der Waals surface area (Å²) in [6.07, 6.45) is 5.77. The van der Waals surface area contributed by atoms with Crippen molar-refractivity contribution in [2.24, 2.45) is 5.41 Å². The number of hydrogen-bond acceptors (Lipinski definition) is 7. The van der Waals surface area contributed by atoms with Gasteiger partial charge in [0.05, 0.1) is 23.3 Å². The second-order valence-electron chi connectivity index (χ2n) is 14.4. The van der Waals surface area contributed by atoms with Gasteiger partial charge in [0.2, 0.25) is 0 Å². The summed E-state index contributed by atoms with van der Waals surface area (Å²) >= 11 is 0. The fraction of sp³-hybridized carbons (Fsp3) is 0.293. The van der Waals surface area contributed by atoms with Gasteiger partial charge in [0.15, 0.2) is 17.5 Å². The van der Waals surface area contributed by atoms with Crippen LogP contribution in [0.15, 0.2) is 109 Å². The van der Waals surface area contributed by atoms with Crippen LogP contribution in [0, 0.1) is 5.41 Å². The van der Waals surface area contributed by atoms with Crippen molar-refractivity contribution in [3.05, 3.63) is 126 Å². The van der Waals surface area contributed by atoms with Crippen LogP contribution < -0.4 is 19.6 Å². The molecule has 1 saturated carbocycles. The predicted molar refractivity (Wildman–Crippen MR) is 194 cm³/mol. The highest BCUT2D eigenvalue weighted by Gasteiger charge is 2.78. The molecule has 5 aromatic rings. The number of benzene rings is 3. The molecule has 4 atom stereocenters. The van der Waals surface area contributed by atoms with Crippen LogP contribution in [0.1, 0.15) is 57.9 Å². The van der Waals surface area contributed by atoms with E-state index in [1.165, 1.54) is 39.3 Å². The molecule has 0 spiro atoms. The Morgan fingerprint density at radius 2 is 1.48 bits per heavy atom. The number of hydrogen-bond donors (Lipinski definition) is 0. The molecule has 1 aliphatic carbocycles. The minimum Gasteiger partial charge on any atom is -0.345 e. The third-order valence-electron chi connectivity index (χ3n) is 12.0. The fourth-order valence-corrected chi connectivity index (χ4v) is 9.86. The van der Waals surface area contributed by atoms with E-state index in [4.69, 9.17) is 15.0 Å². The summed E-state index contributed by atoms with van der Waals surface area (Å²) in [4.78, 5) is 25.5. The first-order valence-electron chi connectivity index (χ1n) is 17.3. The van der Waals surface area contributed by atoms with Crippen molar-refractivity contribution >= 4 is 45.8 Å². The number of nitrogens with zero attached hydrogens (tertiary/aromatic N) is 7. The smallest absolute Gasteiger partial charge is 0.178 e. The molecule has 3 aromatic carbocycles. The van der Waals surface area contributed by atoms with Gasteiger partial charge < -0.3 is 19.6 Å². The van der Waals surface area contributed by atoms with Crippen molar-refractivity contribution in [3.63, 3.8) is 0 Å². The summed E-state index contributed by atoms with van der Waals surface area (Å²) in [5.41, 5.74) is 11.1. The highest BCUT2D eigenvalue weighted by atomic mass is 15.5. The average Bonchev–Trinajstić information content (AvgIpc) is 3.35. The second kappa shape index (κ2) is 9.47. The maximum atomic E-state index is 5.29. The molecule has 10 rings (SSSR count). The van der Waals surface area contributed by atoms with E-state index in [0.717, 1.165) is 41.7 Å². The normalized spacial score (nSPS) is 27.2. The molecule has 4 aliphatic heterocycles. The molecule has 238 valence electrons. The highest BCUT2D eigenvalue weighted by molar-refractivity contribution is 5.98. The van der Waals surface area contributed by atoms with Gasteiger partial charge in [0, 0.05) is 46.4 Å². The lowest BCUT2D eigenvalue weighted by Crippen LogP contribution is -2.50. The van der Waals surface area contributed by atoms with Crippen molar-refractivity contribution in [1.82, 2.24) is 15.0 Å². The molecule has 0 amide bonds. The van der Waals surface area contributed by atoms with Gasteiger partial charge in [-0.2, -0.15) is 0 Å². The highest BCUT2D eigenvalue weighted by Crippen LogP contribution is 2.80. The van der Waals surface area contributed by atoms with E-state index in [2.05, 4.69) is 145 Å². The summed E-state index contributed by atoms with van der Waals surface area (Å²) in [6, 6.07) is 33.5. The molecule has 2 aromatic heterocycles. The van der Waals surface area contributed by atoms with Gasteiger partial charge >= 0.3 is 0 Å². The molecule has 0 bridgehead atoms. The third kappa shape index (κ3) is 3.22. The Morgan fingerprint density at radius 1 is 0.750 bits per heavy atom. The quantitative estimate of drug-likeness (QED) is 0.198. The lowest BCUT2D eigenvalue weighted by molar-refractivity contribution is 0.376. The zero-order valence-electron chi connectivity index (χ0n) is 28.1. The topological polar surface area (TPSA) is 51.6 Å². The molecule has 48 heavy (non-hydrogen) atoms. The van der Waals surface area contributed by atoms with Gasteiger partial charge in [-0.15, -0.1) is 0 Å². The molecule has 0 saturated heterocycles. The van der Waals surface area contributed by atoms with Gasteiger partial charge in [-0.25, -0.2) is 15.0 Å². The van der Waals surface area contributed by atoms with Crippen LogP contribution in [0.2, 0.25) is 0 Å². The van der Waals surface area contributed by atoms with Crippen LogP contribution in [-0.2, 0) is 11.8 Å². The minimum atomic E-state index is -0.233. The number of anilines is 7. The molecular weight excluding hydrogens is 591 g/mol. The van der Waals surface area contributed by atoms with Crippen LogP contribution in [0.5, 0.6) is 0 Å². The minimum absolute atomic E-state index is 0.0294. The Morgan fingerprint density at radius 3 is 2.27 bits per heavy atom. The first-order chi connectivity index (χ1) is 23.4. The molecule has 5 aliphatic rings. The monoisotopic (exact) mass is 629 g/mol. The summed E-state index contributed by atoms with van der Waals surface area (Å²) in [7, 11) is 0. The standard InChI is InChI=1S/C41H39N7/c1-6-26-24-43-37-38(44-26)46(27-15-8-7-9-16-27)39-41(5)35(40(41,4)30-18-11-13-20-32(30)48(37)39)29-23-34-45(25(2)3)33-21-14-22-42-36(33)47(34)31-19-12-10-17-28(29)31/h7-22,24-25,34,39H,6,23H2,1-5H3/b35-29-. The molecule has 0 N–H and O–H groups in total. The third-order valence-corrected chi connectivity index (χ3v) is 12.0. The zero-order chi connectivity index (χ0) is 32.5. The molecule has 4 unspecified atom stereocenters. The fourth-order valence-electron chi connectivity index (χ4n) is 9.86. The van der Waals surface area contributed by atoms with E-state index in [0.29, 0.717) is 6.04 Å². The van der Waals surface area contributed by atoms with Gasteiger partial charge in [-0.1, -0.05) is 75.4 Å². The molecule has 7 nitrogen and oxygen atoms in total. The van der Waals surface area contributed by atoms with Crippen molar-refractivity contribution in [3.8, 4) is 0 Å². The van der Waals surface area contributed by atoms with Crippen molar-refractivity contribution in [2.45, 2.75) is 71.2 Å². The first-order valence-corrected chi connectivity index (χ1v) is 17.3. The van der Waals surface area contributed by atoms with E-state index in [-0.39, 0.29) is 23.2 Å². The zero-order valence-corrected chi connectivity index (χ0v) is 28.1. The van der Waals surface area contributed by atoms with Crippen LogP contribution >= 0.6 is 0 Å². The Hall–Kier alpha value is -5.17. The van der Waals surface area contributed by atoms with Crippen molar-refractivity contribution in [1.29, 1.82) is 0 Å². The van der Waals surface area contributed by atoms with Crippen LogP contribution in [0.4, 0.5) is 40.2 Å². The van der Waals surface area contributed by atoms with E-state index < -0.39 is 0 Å². The Labute approximate surface area is 282 Å². The summed E-state index contributed by atoms with van der Waals surface area (Å²) in [5.74, 6) is 2.94. The van der Waals surface area contributed by atoms with E-state index in [1.807, 2.05) is 12.4 Å². The van der Waals surface area contributed by atoms with E-state index in [9.17, 15) is 0 Å². The number of para-hydroxylation sites is 3. The number of pyridine rings is 1. The Balaban J connectivity index is 1.25. The molecule has 6 heterocycles. The second-order valence-corrected chi connectivity index (χ2v) is 14.4. The van der Waals surface area contributed by atoms with Crippen LogP contribution in [-0.4, -0.2) is 33.3 Å². The number of aryl methyl sites for hydroxylation is 1. The van der Waals surface area contributed by atoms with Crippen LogP contribution in [0.3, 0.4) is 0 Å². The molecule has 1 fully saturated rings. The maximum Gasteiger partial charge on any atom is 0.178 e. The van der Waals surface area contributed by atoms with Gasteiger partial charge in [0.1, 0.15) is 12.3 Å². The Bertz CT molecular complexity index is 2180. The number of rotatable bonds is 3. The number of aromatic nitrogens is 3. The summed E-state index contributed by atoms with van der Waals surface area (Å²) in [6.45, 7) is 11.8. The molecule has 7 heteroatoms. The average molecular weight is 630 g/mol. The van der Waals surface area contributed by atoms with Crippen LogP contribution in [0.25, 0.3) is 5.57 Å².